The number of anilines is 1. The summed E-state index contributed by atoms with van der Waals surface area (Å²) in [6.07, 6.45) is 3.86. The highest BCUT2D eigenvalue weighted by molar-refractivity contribution is 5.89. The molecule has 0 saturated heterocycles. The summed E-state index contributed by atoms with van der Waals surface area (Å²) in [5, 5.41) is 14.2. The number of aliphatic carboxylic acids is 1. The summed E-state index contributed by atoms with van der Waals surface area (Å²) < 4.78 is 0. The number of carbonyl (C=O) groups is 2. The summed E-state index contributed by atoms with van der Waals surface area (Å²) in [5.74, 6) is -0.908. The maximum Gasteiger partial charge on any atom is 0.319 e. The zero-order chi connectivity index (χ0) is 14.5. The van der Waals surface area contributed by atoms with Gasteiger partial charge in [0.05, 0.1) is 6.42 Å². The number of carbonyl (C=O) groups excluding carboxylic acids is 1. The first kappa shape index (κ1) is 14.4. The predicted molar refractivity (Wildman–Crippen MR) is 77.0 cm³/mol. The number of amides is 2. The van der Waals surface area contributed by atoms with Crippen LogP contribution >= 0.6 is 0 Å². The van der Waals surface area contributed by atoms with Crippen LogP contribution in [0, 0.1) is 0 Å². The van der Waals surface area contributed by atoms with Gasteiger partial charge in [-0.15, -0.1) is 0 Å². The Kier molecular flexibility index (Phi) is 4.61. The fraction of sp³-hybridized carbons (Fsp3) is 0.467. The smallest absolute Gasteiger partial charge is 0.319 e. The molecule has 5 nitrogen and oxygen atoms in total. The number of aryl methyl sites for hydroxylation is 2. The average Bonchev–Trinajstić information content (AvgIpc) is 2.84. The largest absolute Gasteiger partial charge is 0.481 e. The summed E-state index contributed by atoms with van der Waals surface area (Å²) in [6, 6.07) is 5.24. The first-order valence-corrected chi connectivity index (χ1v) is 6.99. The minimum atomic E-state index is -0.908. The lowest BCUT2D eigenvalue weighted by Gasteiger charge is -2.15. The molecule has 1 aromatic rings. The van der Waals surface area contributed by atoms with Gasteiger partial charge < -0.3 is 15.7 Å². The number of urea groups is 1. The van der Waals surface area contributed by atoms with Crippen molar-refractivity contribution in [3.8, 4) is 0 Å². The molecule has 108 valence electrons. The number of hydrogen-bond donors (Lipinski definition) is 3. The summed E-state index contributed by atoms with van der Waals surface area (Å²) in [5.41, 5.74) is 3.40. The van der Waals surface area contributed by atoms with Crippen molar-refractivity contribution in [1.29, 1.82) is 0 Å². The van der Waals surface area contributed by atoms with Crippen LogP contribution in [-0.2, 0) is 17.6 Å². The molecule has 0 spiro atoms. The van der Waals surface area contributed by atoms with Crippen LogP contribution in [0.4, 0.5) is 10.5 Å². The van der Waals surface area contributed by atoms with Gasteiger partial charge in [-0.3, -0.25) is 4.79 Å². The van der Waals surface area contributed by atoms with Gasteiger partial charge in [-0.2, -0.15) is 0 Å². The number of nitrogens with one attached hydrogen (secondary N) is 2. The van der Waals surface area contributed by atoms with Gasteiger partial charge in [-0.25, -0.2) is 4.79 Å². The highest BCUT2D eigenvalue weighted by Gasteiger charge is 2.15. The molecule has 0 bridgehead atoms. The number of carboxylic acid groups (broad SMARTS) is 1. The Labute approximate surface area is 118 Å². The summed E-state index contributed by atoms with van der Waals surface area (Å²) in [6.45, 7) is 1.85. The highest BCUT2D eigenvalue weighted by atomic mass is 16.4. The van der Waals surface area contributed by atoms with Crippen molar-refractivity contribution >= 4 is 17.7 Å². The number of benzene rings is 1. The van der Waals surface area contributed by atoms with Gasteiger partial charge in [-0.05, 0) is 48.9 Å². The Balaban J connectivity index is 1.92. The lowest BCUT2D eigenvalue weighted by atomic mass is 10.1. The van der Waals surface area contributed by atoms with E-state index in [1.165, 1.54) is 17.5 Å². The molecule has 1 aliphatic rings. The molecular weight excluding hydrogens is 256 g/mol. The lowest BCUT2D eigenvalue weighted by Crippen LogP contribution is -2.38. The first-order valence-electron chi connectivity index (χ1n) is 6.99. The van der Waals surface area contributed by atoms with Crippen LogP contribution in [0.5, 0.6) is 0 Å². The van der Waals surface area contributed by atoms with E-state index in [-0.39, 0.29) is 18.5 Å². The molecule has 0 aliphatic heterocycles. The predicted octanol–water partition coefficient (Wildman–Crippen LogP) is 2.55. The van der Waals surface area contributed by atoms with Crippen LogP contribution < -0.4 is 10.6 Å². The quantitative estimate of drug-likeness (QED) is 0.773. The topological polar surface area (TPSA) is 78.4 Å². The Morgan fingerprint density at radius 2 is 2.05 bits per heavy atom. The molecule has 5 heteroatoms. The van der Waals surface area contributed by atoms with E-state index in [1.54, 1.807) is 0 Å². The number of fused-ring (bicyclic) bond motifs is 1. The fourth-order valence-corrected chi connectivity index (χ4v) is 2.51. The van der Waals surface area contributed by atoms with Gasteiger partial charge in [0.2, 0.25) is 0 Å². The monoisotopic (exact) mass is 276 g/mol. The summed E-state index contributed by atoms with van der Waals surface area (Å²) in [7, 11) is 0. The Bertz CT molecular complexity index is 514. The molecular formula is C15H20N2O3. The third kappa shape index (κ3) is 3.73. The van der Waals surface area contributed by atoms with E-state index < -0.39 is 5.97 Å². The van der Waals surface area contributed by atoms with E-state index in [4.69, 9.17) is 5.11 Å². The third-order valence-electron chi connectivity index (χ3n) is 3.61. The summed E-state index contributed by atoms with van der Waals surface area (Å²) in [4.78, 5) is 22.5. The number of carboxylic acids is 1. The van der Waals surface area contributed by atoms with E-state index >= 15 is 0 Å². The molecule has 1 aromatic carbocycles. The third-order valence-corrected chi connectivity index (χ3v) is 3.61. The molecule has 20 heavy (non-hydrogen) atoms. The molecule has 0 radical (unpaired) electrons. The van der Waals surface area contributed by atoms with E-state index in [2.05, 4.69) is 10.6 Å². The second-order valence-electron chi connectivity index (χ2n) is 5.14. The second kappa shape index (κ2) is 6.41. The number of hydrogen-bond acceptors (Lipinski definition) is 2. The molecule has 3 N–H and O–H groups in total. The Morgan fingerprint density at radius 1 is 1.30 bits per heavy atom. The first-order chi connectivity index (χ1) is 9.58. The van der Waals surface area contributed by atoms with Crippen molar-refractivity contribution in [3.63, 3.8) is 0 Å². The van der Waals surface area contributed by atoms with Gasteiger partial charge in [0.15, 0.2) is 0 Å². The minimum absolute atomic E-state index is 0.0614. The molecule has 0 aromatic heterocycles. The lowest BCUT2D eigenvalue weighted by molar-refractivity contribution is -0.137. The molecule has 1 unspecified atom stereocenters. The average molecular weight is 276 g/mol. The number of rotatable bonds is 5. The van der Waals surface area contributed by atoms with Crippen molar-refractivity contribution in [3.05, 3.63) is 29.3 Å². The Morgan fingerprint density at radius 3 is 2.75 bits per heavy atom. The molecule has 0 saturated carbocycles. The normalized spacial score (nSPS) is 14.4. The van der Waals surface area contributed by atoms with E-state index in [1.807, 2.05) is 25.1 Å². The SMILES string of the molecule is CCC(CC(=O)O)NC(=O)Nc1ccc2c(c1)CCC2. The molecule has 1 aliphatic carbocycles. The van der Waals surface area contributed by atoms with Crippen LogP contribution in [0.1, 0.15) is 37.3 Å². The van der Waals surface area contributed by atoms with Crippen molar-refractivity contribution in [2.24, 2.45) is 0 Å². The molecule has 2 amide bonds. The zero-order valence-electron chi connectivity index (χ0n) is 11.6. The molecule has 0 heterocycles. The zero-order valence-corrected chi connectivity index (χ0v) is 11.6. The fourth-order valence-electron chi connectivity index (χ4n) is 2.51. The summed E-state index contributed by atoms with van der Waals surface area (Å²) >= 11 is 0. The van der Waals surface area contributed by atoms with Crippen molar-refractivity contribution in [2.75, 3.05) is 5.32 Å². The highest BCUT2D eigenvalue weighted by Crippen LogP contribution is 2.24. The Hall–Kier alpha value is -2.04. The van der Waals surface area contributed by atoms with E-state index in [0.29, 0.717) is 6.42 Å². The molecule has 1 atom stereocenters. The van der Waals surface area contributed by atoms with Gasteiger partial charge in [-0.1, -0.05) is 13.0 Å². The maximum atomic E-state index is 11.8. The van der Waals surface area contributed by atoms with Crippen molar-refractivity contribution < 1.29 is 14.7 Å². The van der Waals surface area contributed by atoms with E-state index in [9.17, 15) is 9.59 Å². The second-order valence-corrected chi connectivity index (χ2v) is 5.14. The van der Waals surface area contributed by atoms with Gasteiger partial charge in [0.25, 0.3) is 0 Å². The molecule has 0 fully saturated rings. The molecule has 2 rings (SSSR count). The maximum absolute atomic E-state index is 11.8. The minimum Gasteiger partial charge on any atom is -0.481 e. The van der Waals surface area contributed by atoms with Crippen molar-refractivity contribution in [1.82, 2.24) is 5.32 Å². The van der Waals surface area contributed by atoms with Crippen LogP contribution in [0.2, 0.25) is 0 Å². The van der Waals surface area contributed by atoms with Crippen LogP contribution in [0.15, 0.2) is 18.2 Å². The van der Waals surface area contributed by atoms with Gasteiger partial charge >= 0.3 is 12.0 Å². The van der Waals surface area contributed by atoms with Crippen molar-refractivity contribution in [2.45, 2.75) is 45.1 Å². The van der Waals surface area contributed by atoms with Crippen LogP contribution in [0.25, 0.3) is 0 Å². The van der Waals surface area contributed by atoms with Gasteiger partial charge in [0.1, 0.15) is 0 Å². The van der Waals surface area contributed by atoms with Crippen LogP contribution in [-0.4, -0.2) is 23.1 Å². The standard InChI is InChI=1S/C15H20N2O3/c1-2-12(9-14(18)19)16-15(20)17-13-7-6-10-4-3-5-11(10)8-13/h6-8,12H,2-5,9H2,1H3,(H,18,19)(H2,16,17,20). The van der Waals surface area contributed by atoms with Gasteiger partial charge in [0, 0.05) is 11.7 Å². The van der Waals surface area contributed by atoms with Crippen LogP contribution in [0.3, 0.4) is 0 Å². The van der Waals surface area contributed by atoms with E-state index in [0.717, 1.165) is 18.5 Å².